The largest absolute Gasteiger partial charge is 0.493 e. The molecule has 0 aliphatic heterocycles. The van der Waals surface area contributed by atoms with Gasteiger partial charge in [-0.15, -0.1) is 0 Å². The van der Waals surface area contributed by atoms with Crippen LogP contribution in [0.5, 0.6) is 11.5 Å². The van der Waals surface area contributed by atoms with Crippen LogP contribution in [0.4, 0.5) is 17.2 Å². The summed E-state index contributed by atoms with van der Waals surface area (Å²) in [5, 5.41) is 17.0. The first-order valence-electron chi connectivity index (χ1n) is 11.3. The highest BCUT2D eigenvalue weighted by atomic mass is 35.5. The molecule has 0 radical (unpaired) electrons. The number of rotatable bonds is 9. The third-order valence-electron chi connectivity index (χ3n) is 5.30. The number of nitrogens with zero attached hydrogens (tertiary/aromatic N) is 3. The second kappa shape index (κ2) is 12.9. The van der Waals surface area contributed by atoms with Crippen molar-refractivity contribution in [2.24, 2.45) is 0 Å². The molecule has 1 aromatic heterocycles. The maximum absolute atomic E-state index is 12.6. The van der Waals surface area contributed by atoms with Crippen LogP contribution >= 0.6 is 46.6 Å². The number of nitriles is 1. The normalized spacial score (nSPS) is 10.9. The van der Waals surface area contributed by atoms with Crippen LogP contribution in [0.2, 0.25) is 15.1 Å². The average molecular weight is 601 g/mol. The number of benzene rings is 3. The zero-order valence-electron chi connectivity index (χ0n) is 20.6. The third-order valence-corrected chi connectivity index (χ3v) is 6.99. The van der Waals surface area contributed by atoms with Gasteiger partial charge in [0.1, 0.15) is 5.82 Å². The van der Waals surface area contributed by atoms with Gasteiger partial charge in [-0.3, -0.25) is 4.79 Å². The molecule has 8 nitrogen and oxygen atoms in total. The summed E-state index contributed by atoms with van der Waals surface area (Å²) in [6.45, 7) is 0. The van der Waals surface area contributed by atoms with Crippen LogP contribution in [-0.2, 0) is 4.79 Å². The first-order valence-corrected chi connectivity index (χ1v) is 13.4. The molecule has 4 aromatic rings. The van der Waals surface area contributed by atoms with Crippen LogP contribution in [0.1, 0.15) is 5.56 Å². The summed E-state index contributed by atoms with van der Waals surface area (Å²) < 4.78 is 10.9. The fraction of sp³-hybridized carbons (Fsp3) is 0.111. The van der Waals surface area contributed by atoms with Gasteiger partial charge in [0.25, 0.3) is 0 Å². The highest BCUT2D eigenvalue weighted by Gasteiger charge is 2.17. The first-order chi connectivity index (χ1) is 18.8. The Morgan fingerprint density at radius 2 is 1.69 bits per heavy atom. The van der Waals surface area contributed by atoms with Crippen molar-refractivity contribution in [2.75, 3.05) is 30.6 Å². The quantitative estimate of drug-likeness (QED) is 0.115. The van der Waals surface area contributed by atoms with E-state index in [2.05, 4.69) is 20.6 Å². The number of hydrogen-bond donors (Lipinski definition) is 2. The van der Waals surface area contributed by atoms with Crippen LogP contribution in [0.3, 0.4) is 0 Å². The lowest BCUT2D eigenvalue weighted by molar-refractivity contribution is -0.113. The van der Waals surface area contributed by atoms with E-state index in [4.69, 9.17) is 49.5 Å². The lowest BCUT2D eigenvalue weighted by atomic mass is 10.1. The number of anilines is 3. The van der Waals surface area contributed by atoms with Gasteiger partial charge in [-0.1, -0.05) is 46.6 Å². The molecule has 3 aromatic carbocycles. The van der Waals surface area contributed by atoms with E-state index in [0.717, 1.165) is 11.8 Å². The minimum Gasteiger partial charge on any atom is -0.493 e. The highest BCUT2D eigenvalue weighted by molar-refractivity contribution is 7.99. The van der Waals surface area contributed by atoms with Gasteiger partial charge in [0.2, 0.25) is 5.91 Å². The summed E-state index contributed by atoms with van der Waals surface area (Å²) in [7, 11) is 3.06. The number of aromatic nitrogens is 2. The molecule has 1 amide bonds. The third kappa shape index (κ3) is 7.05. The van der Waals surface area contributed by atoms with E-state index >= 15 is 0 Å². The summed E-state index contributed by atoms with van der Waals surface area (Å²) in [5.41, 5.74) is 2.25. The number of ether oxygens (including phenoxy) is 2. The SMILES string of the molecule is COc1cc2nc(SCC(=O)Nc3ccc(Cl)cc3)nc(Nc3c(Cl)cc(/C=C/C#N)cc3Cl)c2cc1OC. The Kier molecular flexibility index (Phi) is 9.38. The molecule has 198 valence electrons. The van der Waals surface area contributed by atoms with E-state index in [0.29, 0.717) is 65.4 Å². The maximum Gasteiger partial charge on any atom is 0.234 e. The second-order valence-corrected chi connectivity index (χ2v) is 10.1. The predicted molar refractivity (Wildman–Crippen MR) is 158 cm³/mol. The number of nitrogens with one attached hydrogen (secondary N) is 2. The fourth-order valence-electron chi connectivity index (χ4n) is 3.51. The van der Waals surface area contributed by atoms with Crippen LogP contribution in [0, 0.1) is 11.3 Å². The molecule has 0 aliphatic rings. The number of allylic oxidation sites excluding steroid dienone is 1. The number of carbonyl (C=O) groups excluding carboxylic acids is 1. The smallest absolute Gasteiger partial charge is 0.234 e. The van der Waals surface area contributed by atoms with Crippen molar-refractivity contribution in [3.63, 3.8) is 0 Å². The second-order valence-electron chi connectivity index (χ2n) is 7.87. The monoisotopic (exact) mass is 599 g/mol. The van der Waals surface area contributed by atoms with E-state index in [1.54, 1.807) is 54.6 Å². The van der Waals surface area contributed by atoms with E-state index in [-0.39, 0.29) is 11.7 Å². The molecule has 0 aliphatic carbocycles. The molecule has 0 bridgehead atoms. The van der Waals surface area contributed by atoms with Crippen LogP contribution < -0.4 is 20.1 Å². The Balaban J connectivity index is 1.68. The maximum atomic E-state index is 12.6. The Morgan fingerprint density at radius 1 is 1.03 bits per heavy atom. The summed E-state index contributed by atoms with van der Waals surface area (Å²) in [5.74, 6) is 1.18. The van der Waals surface area contributed by atoms with Gasteiger partial charge in [-0.2, -0.15) is 5.26 Å². The van der Waals surface area contributed by atoms with Crippen molar-refractivity contribution < 1.29 is 14.3 Å². The summed E-state index contributed by atoms with van der Waals surface area (Å²) >= 11 is 20.1. The topological polar surface area (TPSA) is 109 Å². The fourth-order valence-corrected chi connectivity index (χ4v) is 4.89. The minimum absolute atomic E-state index is 0.0578. The standard InChI is InChI=1S/C27H20Cl3N5O3S/c1-37-22-12-18-21(13-23(22)38-2)33-27(39-14-24(36)32-17-7-5-16(28)6-8-17)35-26(18)34-25-19(29)10-15(4-3-9-31)11-20(25)30/h3-8,10-13H,14H2,1-2H3,(H,32,36)(H,33,34,35)/b4-3+. The molecule has 4 rings (SSSR count). The Labute approximate surface area is 243 Å². The Bertz CT molecular complexity index is 1580. The van der Waals surface area contributed by atoms with E-state index in [1.165, 1.54) is 20.3 Å². The van der Waals surface area contributed by atoms with Gasteiger partial charge in [0, 0.05) is 28.2 Å². The highest BCUT2D eigenvalue weighted by Crippen LogP contribution is 2.39. The zero-order valence-corrected chi connectivity index (χ0v) is 23.7. The number of carbonyl (C=O) groups is 1. The summed E-state index contributed by atoms with van der Waals surface area (Å²) in [6.07, 6.45) is 2.93. The molecule has 0 atom stereocenters. The number of hydrogen-bond acceptors (Lipinski definition) is 8. The molecule has 0 unspecified atom stereocenters. The Hall–Kier alpha value is -3.68. The Morgan fingerprint density at radius 3 is 2.33 bits per heavy atom. The van der Waals surface area contributed by atoms with Crippen LogP contribution in [0.25, 0.3) is 17.0 Å². The summed E-state index contributed by atoms with van der Waals surface area (Å²) in [6, 6.07) is 15.6. The van der Waals surface area contributed by atoms with Crippen molar-refractivity contribution in [3.05, 3.63) is 75.2 Å². The minimum atomic E-state index is -0.236. The first kappa shape index (κ1) is 28.3. The van der Waals surface area contributed by atoms with Gasteiger partial charge in [-0.25, -0.2) is 9.97 Å². The molecular formula is C27H20Cl3N5O3S. The molecule has 2 N–H and O–H groups in total. The number of thioether (sulfide) groups is 1. The van der Waals surface area contributed by atoms with Crippen LogP contribution in [-0.4, -0.2) is 35.8 Å². The number of fused-ring (bicyclic) bond motifs is 1. The van der Waals surface area contributed by atoms with Crippen molar-refractivity contribution >= 4 is 86.6 Å². The van der Waals surface area contributed by atoms with E-state index in [1.807, 2.05) is 6.07 Å². The van der Waals surface area contributed by atoms with Crippen molar-refractivity contribution in [1.82, 2.24) is 9.97 Å². The van der Waals surface area contributed by atoms with E-state index < -0.39 is 0 Å². The molecule has 12 heteroatoms. The molecule has 0 spiro atoms. The van der Waals surface area contributed by atoms with E-state index in [9.17, 15) is 4.79 Å². The lowest BCUT2D eigenvalue weighted by Gasteiger charge is -2.15. The predicted octanol–water partition coefficient (Wildman–Crippen LogP) is 7.62. The lowest BCUT2D eigenvalue weighted by Crippen LogP contribution is -2.14. The average Bonchev–Trinajstić information content (AvgIpc) is 2.93. The molecular weight excluding hydrogens is 581 g/mol. The van der Waals surface area contributed by atoms with Gasteiger partial charge in [0.05, 0.1) is 47.3 Å². The van der Waals surface area contributed by atoms with Gasteiger partial charge < -0.3 is 20.1 Å². The number of halogens is 3. The summed E-state index contributed by atoms with van der Waals surface area (Å²) in [4.78, 5) is 21.8. The molecule has 0 fully saturated rings. The van der Waals surface area contributed by atoms with Gasteiger partial charge in [0.15, 0.2) is 16.7 Å². The zero-order chi connectivity index (χ0) is 27.9. The number of amides is 1. The molecule has 39 heavy (non-hydrogen) atoms. The molecule has 0 saturated carbocycles. The van der Waals surface area contributed by atoms with Crippen molar-refractivity contribution in [2.45, 2.75) is 5.16 Å². The van der Waals surface area contributed by atoms with Crippen molar-refractivity contribution in [1.29, 1.82) is 5.26 Å². The molecule has 0 saturated heterocycles. The molecule has 1 heterocycles. The van der Waals surface area contributed by atoms with Crippen LogP contribution in [0.15, 0.2) is 59.8 Å². The van der Waals surface area contributed by atoms with Gasteiger partial charge in [-0.05, 0) is 54.1 Å². The van der Waals surface area contributed by atoms with Crippen molar-refractivity contribution in [3.8, 4) is 17.6 Å². The van der Waals surface area contributed by atoms with Gasteiger partial charge >= 0.3 is 0 Å². The number of methoxy groups -OCH3 is 2.